The average molecular weight is 390 g/mol. The second-order valence-electron chi connectivity index (χ2n) is 7.67. The van der Waals surface area contributed by atoms with Crippen LogP contribution in [-0.2, 0) is 4.57 Å². The molecule has 0 radical (unpaired) electrons. The Bertz CT molecular complexity index is 986. The van der Waals surface area contributed by atoms with Gasteiger partial charge < -0.3 is 0 Å². The lowest BCUT2D eigenvalue weighted by Gasteiger charge is -2.41. The van der Waals surface area contributed by atoms with Crippen molar-refractivity contribution in [3.05, 3.63) is 95.6 Å². The average Bonchev–Trinajstić information content (AvgIpc) is 3.07. The summed E-state index contributed by atoms with van der Waals surface area (Å²) in [6, 6.07) is 27.2. The van der Waals surface area contributed by atoms with Crippen molar-refractivity contribution in [3.8, 4) is 11.1 Å². The van der Waals surface area contributed by atoms with Gasteiger partial charge in [0.05, 0.1) is 5.66 Å². The van der Waals surface area contributed by atoms with Crippen molar-refractivity contribution in [1.29, 1.82) is 0 Å². The molecule has 0 N–H and O–H groups in total. The zero-order valence-electron chi connectivity index (χ0n) is 16.9. The Labute approximate surface area is 168 Å². The Balaban J connectivity index is 1.87. The fourth-order valence-electron chi connectivity index (χ4n) is 4.38. The fraction of sp³-hybridized carbons (Fsp3) is 0.250. The maximum Gasteiger partial charge on any atom is 0.227 e. The zero-order valence-corrected chi connectivity index (χ0v) is 17.8. The molecular formula is C24H27N2OP. The molecule has 144 valence electrons. The van der Waals surface area contributed by atoms with Gasteiger partial charge in [0.15, 0.2) is 0 Å². The van der Waals surface area contributed by atoms with Crippen LogP contribution >= 0.6 is 7.44 Å². The van der Waals surface area contributed by atoms with E-state index in [1.54, 1.807) is 0 Å². The first kappa shape index (κ1) is 19.1. The molecule has 0 spiro atoms. The van der Waals surface area contributed by atoms with Crippen LogP contribution in [0.25, 0.3) is 11.1 Å². The second kappa shape index (κ2) is 7.33. The minimum absolute atomic E-state index is 0.0364. The number of benzene rings is 3. The van der Waals surface area contributed by atoms with E-state index in [2.05, 4.69) is 72.3 Å². The SMILES string of the molecule is CC(c1ccccc1)N(C)P(=O)(C1c2ccccc2-c2ccccc21)N(C)C. The van der Waals surface area contributed by atoms with Gasteiger partial charge in [0.2, 0.25) is 7.44 Å². The molecule has 0 aliphatic heterocycles. The van der Waals surface area contributed by atoms with Crippen molar-refractivity contribution < 1.29 is 4.57 Å². The molecule has 2 unspecified atom stereocenters. The Kier molecular flexibility index (Phi) is 5.01. The van der Waals surface area contributed by atoms with Gasteiger partial charge in [0.1, 0.15) is 0 Å². The fourth-order valence-corrected chi connectivity index (χ4v) is 7.58. The Morgan fingerprint density at radius 1 is 0.750 bits per heavy atom. The van der Waals surface area contributed by atoms with Gasteiger partial charge in [-0.15, -0.1) is 0 Å². The van der Waals surface area contributed by atoms with Crippen LogP contribution in [0.5, 0.6) is 0 Å². The van der Waals surface area contributed by atoms with Gasteiger partial charge in [-0.05, 0) is 55.9 Å². The predicted octanol–water partition coefficient (Wildman–Crippen LogP) is 6.20. The van der Waals surface area contributed by atoms with Gasteiger partial charge in [0.25, 0.3) is 0 Å². The summed E-state index contributed by atoms with van der Waals surface area (Å²) in [5, 5.41) is 0. The van der Waals surface area contributed by atoms with E-state index in [9.17, 15) is 4.57 Å². The highest BCUT2D eigenvalue weighted by Crippen LogP contribution is 2.70. The molecule has 0 amide bonds. The Morgan fingerprint density at radius 3 is 1.71 bits per heavy atom. The summed E-state index contributed by atoms with van der Waals surface area (Å²) in [7, 11) is 2.94. The third kappa shape index (κ3) is 2.86. The van der Waals surface area contributed by atoms with Gasteiger partial charge in [-0.25, -0.2) is 9.34 Å². The highest BCUT2D eigenvalue weighted by atomic mass is 31.2. The van der Waals surface area contributed by atoms with Crippen LogP contribution in [0.2, 0.25) is 0 Å². The topological polar surface area (TPSA) is 23.6 Å². The van der Waals surface area contributed by atoms with Crippen LogP contribution in [0.4, 0.5) is 0 Å². The van der Waals surface area contributed by atoms with Crippen molar-refractivity contribution in [2.75, 3.05) is 21.1 Å². The van der Waals surface area contributed by atoms with Crippen LogP contribution in [-0.4, -0.2) is 30.5 Å². The molecule has 0 aromatic heterocycles. The molecule has 1 aliphatic carbocycles. The number of hydrogen-bond acceptors (Lipinski definition) is 1. The number of nitrogens with zero attached hydrogens (tertiary/aromatic N) is 2. The third-order valence-electron chi connectivity index (χ3n) is 6.00. The lowest BCUT2D eigenvalue weighted by molar-refractivity contribution is 0.355. The molecule has 1 aliphatic rings. The lowest BCUT2D eigenvalue weighted by atomic mass is 10.1. The summed E-state index contributed by atoms with van der Waals surface area (Å²) in [5.74, 6) is 0. The van der Waals surface area contributed by atoms with E-state index in [-0.39, 0.29) is 11.7 Å². The van der Waals surface area contributed by atoms with E-state index in [0.717, 1.165) is 11.1 Å². The van der Waals surface area contributed by atoms with Gasteiger partial charge in [-0.1, -0.05) is 78.9 Å². The van der Waals surface area contributed by atoms with E-state index in [4.69, 9.17) is 0 Å². The molecule has 0 fully saturated rings. The van der Waals surface area contributed by atoms with E-state index in [1.165, 1.54) is 16.7 Å². The minimum atomic E-state index is -2.95. The summed E-state index contributed by atoms with van der Waals surface area (Å²) < 4.78 is 18.8. The zero-order chi connectivity index (χ0) is 19.9. The van der Waals surface area contributed by atoms with Crippen molar-refractivity contribution in [2.45, 2.75) is 18.6 Å². The minimum Gasteiger partial charge on any atom is -0.288 e. The third-order valence-corrected chi connectivity index (χ3v) is 9.63. The molecule has 3 aromatic carbocycles. The first-order chi connectivity index (χ1) is 13.5. The van der Waals surface area contributed by atoms with Crippen molar-refractivity contribution in [2.24, 2.45) is 0 Å². The normalized spacial score (nSPS) is 16.6. The highest BCUT2D eigenvalue weighted by molar-refractivity contribution is 7.59. The molecule has 3 aromatic rings. The van der Waals surface area contributed by atoms with E-state index in [1.807, 2.05) is 44.0 Å². The van der Waals surface area contributed by atoms with Gasteiger partial charge in [0, 0.05) is 6.04 Å². The van der Waals surface area contributed by atoms with E-state index in [0.29, 0.717) is 0 Å². The van der Waals surface area contributed by atoms with Gasteiger partial charge in [-0.3, -0.25) is 4.57 Å². The van der Waals surface area contributed by atoms with Crippen molar-refractivity contribution in [1.82, 2.24) is 9.34 Å². The summed E-state index contributed by atoms with van der Waals surface area (Å²) in [5.41, 5.74) is 5.73. The van der Waals surface area contributed by atoms with Crippen LogP contribution in [0.1, 0.15) is 35.3 Å². The van der Waals surface area contributed by atoms with Gasteiger partial charge >= 0.3 is 0 Å². The van der Waals surface area contributed by atoms with Crippen LogP contribution in [0.3, 0.4) is 0 Å². The van der Waals surface area contributed by atoms with Crippen LogP contribution in [0, 0.1) is 0 Å². The molecule has 4 heteroatoms. The molecule has 0 bridgehead atoms. The maximum atomic E-state index is 14.8. The summed E-state index contributed by atoms with van der Waals surface area (Å²) in [6.45, 7) is 2.14. The Morgan fingerprint density at radius 2 is 1.21 bits per heavy atom. The monoisotopic (exact) mass is 390 g/mol. The molecule has 4 rings (SSSR count). The standard InChI is InChI=1S/C24H27N2OP/c1-18(19-12-6-5-7-13-19)26(4)28(27,25(2)3)24-22-16-10-8-14-20(22)21-15-9-11-17-23(21)24/h5-18,24H,1-4H3. The highest BCUT2D eigenvalue weighted by Gasteiger charge is 2.47. The Hall–Kier alpha value is -2.19. The molecule has 0 saturated carbocycles. The largest absolute Gasteiger partial charge is 0.288 e. The smallest absolute Gasteiger partial charge is 0.227 e. The quantitative estimate of drug-likeness (QED) is 0.484. The molecule has 2 atom stereocenters. The van der Waals surface area contributed by atoms with Crippen LogP contribution < -0.4 is 0 Å². The van der Waals surface area contributed by atoms with E-state index < -0.39 is 7.44 Å². The number of fused-ring (bicyclic) bond motifs is 3. The van der Waals surface area contributed by atoms with E-state index >= 15 is 0 Å². The predicted molar refractivity (Wildman–Crippen MR) is 118 cm³/mol. The molecule has 3 nitrogen and oxygen atoms in total. The molecule has 0 heterocycles. The second-order valence-corrected chi connectivity index (χ2v) is 10.8. The van der Waals surface area contributed by atoms with Crippen molar-refractivity contribution >= 4 is 7.44 Å². The first-order valence-corrected chi connectivity index (χ1v) is 11.4. The molecule has 0 saturated heterocycles. The van der Waals surface area contributed by atoms with Gasteiger partial charge in [-0.2, -0.15) is 0 Å². The first-order valence-electron chi connectivity index (χ1n) is 9.70. The summed E-state index contributed by atoms with van der Waals surface area (Å²) in [6.07, 6.45) is 0. The molecular weight excluding hydrogens is 363 g/mol. The maximum absolute atomic E-state index is 14.8. The van der Waals surface area contributed by atoms with Crippen molar-refractivity contribution in [3.63, 3.8) is 0 Å². The lowest BCUT2D eigenvalue weighted by Crippen LogP contribution is -2.30. The van der Waals surface area contributed by atoms with Crippen LogP contribution in [0.15, 0.2) is 78.9 Å². The number of rotatable bonds is 5. The summed E-state index contributed by atoms with van der Waals surface area (Å²) in [4.78, 5) is 0. The number of hydrogen-bond donors (Lipinski definition) is 0. The summed E-state index contributed by atoms with van der Waals surface area (Å²) >= 11 is 0. The molecule has 28 heavy (non-hydrogen) atoms.